The van der Waals surface area contributed by atoms with Crippen molar-refractivity contribution in [1.82, 2.24) is 10.3 Å². The number of hydrogen-bond donors (Lipinski definition) is 1. The third-order valence-corrected chi connectivity index (χ3v) is 4.23. The minimum Gasteiger partial charge on any atom is -0.423 e. The van der Waals surface area contributed by atoms with Gasteiger partial charge in [0, 0.05) is 38.3 Å². The molecule has 0 radical (unpaired) electrons. The van der Waals surface area contributed by atoms with Crippen LogP contribution in [0.5, 0.6) is 0 Å². The maximum atomic E-state index is 10.8. The van der Waals surface area contributed by atoms with E-state index in [2.05, 4.69) is 15.2 Å². The molecule has 0 saturated carbocycles. The van der Waals surface area contributed by atoms with Gasteiger partial charge in [-0.2, -0.15) is 4.98 Å². The summed E-state index contributed by atoms with van der Waals surface area (Å²) in [7, 11) is 0. The van der Waals surface area contributed by atoms with Crippen LogP contribution in [0.4, 0.5) is 11.7 Å². The molecular formula is C13H14N4O3. The molecular weight excluding hydrogens is 260 g/mol. The lowest BCUT2D eigenvalue weighted by atomic mass is 10.0. The topological polar surface area (TPSA) is 84.4 Å². The first-order valence-electron chi connectivity index (χ1n) is 6.71. The van der Waals surface area contributed by atoms with Crippen molar-refractivity contribution in [2.45, 2.75) is 0 Å². The van der Waals surface area contributed by atoms with E-state index in [-0.39, 0.29) is 5.69 Å². The molecule has 3 heterocycles. The summed E-state index contributed by atoms with van der Waals surface area (Å²) >= 11 is 0. The van der Waals surface area contributed by atoms with Gasteiger partial charge in [0.05, 0.1) is 4.92 Å². The first kappa shape index (κ1) is 11.7. The average molecular weight is 274 g/mol. The van der Waals surface area contributed by atoms with Crippen LogP contribution < -0.4 is 10.2 Å². The van der Waals surface area contributed by atoms with Gasteiger partial charge in [-0.05, 0) is 17.9 Å². The van der Waals surface area contributed by atoms with E-state index in [0.717, 1.165) is 26.2 Å². The first-order chi connectivity index (χ1) is 9.70. The fraction of sp³-hybridized carbons (Fsp3) is 0.462. The highest BCUT2D eigenvalue weighted by Gasteiger charge is 2.37. The van der Waals surface area contributed by atoms with E-state index in [0.29, 0.717) is 29.0 Å². The smallest absolute Gasteiger partial charge is 0.298 e. The fourth-order valence-corrected chi connectivity index (χ4v) is 3.16. The van der Waals surface area contributed by atoms with Crippen LogP contribution in [0.3, 0.4) is 0 Å². The highest BCUT2D eigenvalue weighted by atomic mass is 16.6. The molecule has 0 amide bonds. The van der Waals surface area contributed by atoms with E-state index in [1.807, 2.05) is 0 Å². The molecule has 20 heavy (non-hydrogen) atoms. The number of nitrogens with one attached hydrogen (secondary N) is 1. The van der Waals surface area contributed by atoms with Crippen molar-refractivity contribution in [2.75, 3.05) is 31.1 Å². The van der Waals surface area contributed by atoms with E-state index in [9.17, 15) is 10.1 Å². The molecule has 2 aliphatic rings. The van der Waals surface area contributed by atoms with Gasteiger partial charge in [0.2, 0.25) is 0 Å². The Balaban J connectivity index is 1.66. The first-order valence-corrected chi connectivity index (χ1v) is 6.71. The summed E-state index contributed by atoms with van der Waals surface area (Å²) in [5.41, 5.74) is 1.19. The molecule has 2 fully saturated rings. The standard InChI is InChI=1S/C13H14N4O3/c18-17(19)10-1-2-12-11(3-10)15-13(20-12)16-6-8-4-14-5-9(8)7-16/h1-3,8-9,14H,4-7H2. The molecule has 2 aromatic rings. The molecule has 2 atom stereocenters. The van der Waals surface area contributed by atoms with Gasteiger partial charge in [0.1, 0.15) is 5.52 Å². The van der Waals surface area contributed by atoms with Crippen LogP contribution in [-0.4, -0.2) is 36.1 Å². The van der Waals surface area contributed by atoms with Gasteiger partial charge >= 0.3 is 0 Å². The molecule has 4 rings (SSSR count). The quantitative estimate of drug-likeness (QED) is 0.658. The third kappa shape index (κ3) is 1.74. The monoisotopic (exact) mass is 274 g/mol. The number of benzene rings is 1. The van der Waals surface area contributed by atoms with Crippen molar-refractivity contribution < 1.29 is 9.34 Å². The van der Waals surface area contributed by atoms with E-state index in [4.69, 9.17) is 4.42 Å². The van der Waals surface area contributed by atoms with E-state index < -0.39 is 4.92 Å². The molecule has 2 unspecified atom stereocenters. The lowest BCUT2D eigenvalue weighted by molar-refractivity contribution is -0.384. The van der Waals surface area contributed by atoms with Crippen LogP contribution in [0.2, 0.25) is 0 Å². The summed E-state index contributed by atoms with van der Waals surface area (Å²) in [6, 6.07) is 5.10. The molecule has 104 valence electrons. The number of nitro benzene ring substituents is 1. The van der Waals surface area contributed by atoms with Gasteiger partial charge < -0.3 is 14.6 Å². The summed E-state index contributed by atoms with van der Waals surface area (Å²) < 4.78 is 5.72. The maximum Gasteiger partial charge on any atom is 0.298 e. The van der Waals surface area contributed by atoms with Crippen molar-refractivity contribution in [3.63, 3.8) is 0 Å². The summed E-state index contributed by atoms with van der Waals surface area (Å²) in [6.07, 6.45) is 0. The Kier molecular flexibility index (Phi) is 2.43. The van der Waals surface area contributed by atoms with Crippen LogP contribution in [0, 0.1) is 22.0 Å². The average Bonchev–Trinajstić information content (AvgIpc) is 3.10. The number of nitro groups is 1. The number of anilines is 1. The molecule has 0 aliphatic carbocycles. The van der Waals surface area contributed by atoms with E-state index in [1.54, 1.807) is 6.07 Å². The minimum atomic E-state index is -0.417. The maximum absolute atomic E-state index is 10.8. The van der Waals surface area contributed by atoms with Gasteiger partial charge in [-0.25, -0.2) is 0 Å². The second-order valence-corrected chi connectivity index (χ2v) is 5.49. The number of oxazole rings is 1. The Labute approximate surface area is 114 Å². The molecule has 7 heteroatoms. The van der Waals surface area contributed by atoms with Crippen LogP contribution in [0.1, 0.15) is 0 Å². The summed E-state index contributed by atoms with van der Waals surface area (Å²) in [5, 5.41) is 14.2. The number of rotatable bonds is 2. The van der Waals surface area contributed by atoms with Crippen LogP contribution in [0.15, 0.2) is 22.6 Å². The van der Waals surface area contributed by atoms with Gasteiger partial charge in [-0.15, -0.1) is 0 Å². The molecule has 2 saturated heterocycles. The summed E-state index contributed by atoms with van der Waals surface area (Å²) in [6.45, 7) is 3.97. The third-order valence-electron chi connectivity index (χ3n) is 4.23. The molecule has 2 aliphatic heterocycles. The minimum absolute atomic E-state index is 0.0415. The Bertz CT molecular complexity index is 671. The van der Waals surface area contributed by atoms with Crippen molar-refractivity contribution in [2.24, 2.45) is 11.8 Å². The zero-order valence-electron chi connectivity index (χ0n) is 10.8. The van der Waals surface area contributed by atoms with Gasteiger partial charge in [0.15, 0.2) is 5.58 Å². The Morgan fingerprint density at radius 3 is 2.80 bits per heavy atom. The van der Waals surface area contributed by atoms with Gasteiger partial charge in [-0.1, -0.05) is 0 Å². The Morgan fingerprint density at radius 2 is 2.10 bits per heavy atom. The molecule has 0 spiro atoms. The molecule has 1 aromatic heterocycles. The Hall–Kier alpha value is -2.15. The van der Waals surface area contributed by atoms with Crippen LogP contribution in [0.25, 0.3) is 11.1 Å². The zero-order chi connectivity index (χ0) is 13.7. The number of non-ortho nitro benzene ring substituents is 1. The predicted molar refractivity (Wildman–Crippen MR) is 72.7 cm³/mol. The SMILES string of the molecule is O=[N+]([O-])c1ccc2oc(N3CC4CNCC4C3)nc2c1. The zero-order valence-corrected chi connectivity index (χ0v) is 10.8. The lowest BCUT2D eigenvalue weighted by Gasteiger charge is -2.13. The van der Waals surface area contributed by atoms with Crippen LogP contribution in [-0.2, 0) is 0 Å². The Morgan fingerprint density at radius 1 is 1.35 bits per heavy atom. The lowest BCUT2D eigenvalue weighted by Crippen LogP contribution is -2.25. The largest absolute Gasteiger partial charge is 0.423 e. The van der Waals surface area contributed by atoms with Gasteiger partial charge in [-0.3, -0.25) is 10.1 Å². The van der Waals surface area contributed by atoms with Crippen molar-refractivity contribution in [1.29, 1.82) is 0 Å². The van der Waals surface area contributed by atoms with Crippen LogP contribution >= 0.6 is 0 Å². The molecule has 1 aromatic carbocycles. The van der Waals surface area contributed by atoms with Gasteiger partial charge in [0.25, 0.3) is 11.7 Å². The molecule has 0 bridgehead atoms. The van der Waals surface area contributed by atoms with E-state index >= 15 is 0 Å². The number of hydrogen-bond acceptors (Lipinski definition) is 6. The second kappa shape index (κ2) is 4.17. The van der Waals surface area contributed by atoms with E-state index in [1.165, 1.54) is 12.1 Å². The highest BCUT2D eigenvalue weighted by Crippen LogP contribution is 2.32. The predicted octanol–water partition coefficient (Wildman–Crippen LogP) is 1.39. The van der Waals surface area contributed by atoms with Crippen molar-refractivity contribution in [3.05, 3.63) is 28.3 Å². The fourth-order valence-electron chi connectivity index (χ4n) is 3.16. The number of aromatic nitrogens is 1. The second-order valence-electron chi connectivity index (χ2n) is 5.49. The summed E-state index contributed by atoms with van der Waals surface area (Å²) in [4.78, 5) is 16.9. The summed E-state index contributed by atoms with van der Waals surface area (Å²) in [5.74, 6) is 1.30. The van der Waals surface area contributed by atoms with Crippen molar-refractivity contribution >= 4 is 22.8 Å². The molecule has 7 nitrogen and oxygen atoms in total. The number of fused-ring (bicyclic) bond motifs is 2. The molecule has 1 N–H and O–H groups in total. The normalized spacial score (nSPS) is 25.3. The highest BCUT2D eigenvalue weighted by molar-refractivity contribution is 5.77. The van der Waals surface area contributed by atoms with Crippen molar-refractivity contribution in [3.8, 4) is 0 Å². The number of nitrogens with zero attached hydrogens (tertiary/aromatic N) is 3.